The first kappa shape index (κ1) is 13.8. The summed E-state index contributed by atoms with van der Waals surface area (Å²) in [4.78, 5) is 14.5. The summed E-state index contributed by atoms with van der Waals surface area (Å²) in [5, 5.41) is 0. The van der Waals surface area contributed by atoms with Crippen molar-refractivity contribution in [2.45, 2.75) is 26.2 Å². The van der Waals surface area contributed by atoms with Gasteiger partial charge in [-0.1, -0.05) is 35.0 Å². The smallest absolute Gasteiger partial charge is 0.164 e. The summed E-state index contributed by atoms with van der Waals surface area (Å²) < 4.78 is 0.972. The Kier molecular flexibility index (Phi) is 4.95. The number of hydrogen-bond donors (Lipinski definition) is 0. The third kappa shape index (κ3) is 3.92. The molecule has 0 bridgehead atoms. The topological polar surface area (TPSA) is 20.3 Å². The minimum absolute atomic E-state index is 0.245. The highest BCUT2D eigenvalue weighted by Crippen LogP contribution is 2.17. The van der Waals surface area contributed by atoms with Gasteiger partial charge in [0, 0.05) is 29.5 Å². The van der Waals surface area contributed by atoms with Gasteiger partial charge in [-0.2, -0.15) is 0 Å². The van der Waals surface area contributed by atoms with E-state index in [0.717, 1.165) is 35.6 Å². The molecular formula is C15H20BrNO. The van der Waals surface area contributed by atoms with Crippen LogP contribution in [0.15, 0.2) is 28.7 Å². The first-order chi connectivity index (χ1) is 8.65. The van der Waals surface area contributed by atoms with E-state index in [1.807, 2.05) is 24.3 Å². The van der Waals surface area contributed by atoms with Gasteiger partial charge in [0.15, 0.2) is 5.78 Å². The minimum atomic E-state index is 0.245. The Hall–Kier alpha value is -0.670. The van der Waals surface area contributed by atoms with Gasteiger partial charge in [-0.15, -0.1) is 0 Å². The van der Waals surface area contributed by atoms with E-state index < -0.39 is 0 Å². The fourth-order valence-corrected chi connectivity index (χ4v) is 2.95. The molecule has 0 saturated carbocycles. The summed E-state index contributed by atoms with van der Waals surface area (Å²) in [6.45, 7) is 5.49. The molecule has 1 unspecified atom stereocenters. The highest BCUT2D eigenvalue weighted by atomic mass is 79.9. The zero-order valence-electron chi connectivity index (χ0n) is 10.9. The lowest BCUT2D eigenvalue weighted by Crippen LogP contribution is -2.35. The van der Waals surface area contributed by atoms with E-state index in [9.17, 15) is 4.79 Å². The van der Waals surface area contributed by atoms with Crippen molar-refractivity contribution >= 4 is 21.7 Å². The normalized spacial score (nSPS) is 20.9. The van der Waals surface area contributed by atoms with Crippen LogP contribution in [0.4, 0.5) is 0 Å². The van der Waals surface area contributed by atoms with Gasteiger partial charge < -0.3 is 4.90 Å². The summed E-state index contributed by atoms with van der Waals surface area (Å²) in [5.74, 6) is 1.02. The highest BCUT2D eigenvalue weighted by Gasteiger charge is 2.17. The van der Waals surface area contributed by atoms with E-state index in [2.05, 4.69) is 27.8 Å². The van der Waals surface area contributed by atoms with E-state index >= 15 is 0 Å². The number of rotatable bonds is 4. The Labute approximate surface area is 117 Å². The number of halogens is 1. The molecule has 1 saturated heterocycles. The van der Waals surface area contributed by atoms with Crippen molar-refractivity contribution < 1.29 is 4.79 Å². The SMILES string of the molecule is CC1CCCN(CCC(=O)c2cccc(Br)c2)C1. The molecule has 1 heterocycles. The maximum absolute atomic E-state index is 12.1. The number of carbonyl (C=O) groups excluding carboxylic acids is 1. The van der Waals surface area contributed by atoms with E-state index in [4.69, 9.17) is 0 Å². The summed E-state index contributed by atoms with van der Waals surface area (Å²) in [6, 6.07) is 7.66. The molecule has 0 aliphatic carbocycles. The van der Waals surface area contributed by atoms with Crippen LogP contribution in [0.3, 0.4) is 0 Å². The maximum atomic E-state index is 12.1. The third-order valence-corrected chi connectivity index (χ3v) is 4.04. The molecule has 1 aliphatic heterocycles. The predicted molar refractivity (Wildman–Crippen MR) is 77.9 cm³/mol. The monoisotopic (exact) mass is 309 g/mol. The van der Waals surface area contributed by atoms with Crippen molar-refractivity contribution in [1.29, 1.82) is 0 Å². The molecule has 0 N–H and O–H groups in total. The Balaban J connectivity index is 1.84. The molecule has 0 spiro atoms. The number of carbonyl (C=O) groups is 1. The van der Waals surface area contributed by atoms with Crippen LogP contribution in [-0.4, -0.2) is 30.3 Å². The van der Waals surface area contributed by atoms with E-state index in [1.54, 1.807) is 0 Å². The van der Waals surface area contributed by atoms with Gasteiger partial charge in [0.2, 0.25) is 0 Å². The van der Waals surface area contributed by atoms with Gasteiger partial charge >= 0.3 is 0 Å². The first-order valence-electron chi connectivity index (χ1n) is 6.66. The van der Waals surface area contributed by atoms with Crippen LogP contribution in [0, 0.1) is 5.92 Å². The fourth-order valence-electron chi connectivity index (χ4n) is 2.56. The van der Waals surface area contributed by atoms with Crippen LogP contribution < -0.4 is 0 Å². The molecule has 1 fully saturated rings. The lowest BCUT2D eigenvalue weighted by molar-refractivity contribution is 0.0949. The number of piperidine rings is 1. The number of hydrogen-bond acceptors (Lipinski definition) is 2. The van der Waals surface area contributed by atoms with Crippen molar-refractivity contribution in [3.05, 3.63) is 34.3 Å². The van der Waals surface area contributed by atoms with Crippen LogP contribution in [0.2, 0.25) is 0 Å². The first-order valence-corrected chi connectivity index (χ1v) is 7.45. The van der Waals surface area contributed by atoms with Crippen LogP contribution in [0.5, 0.6) is 0 Å². The van der Waals surface area contributed by atoms with Crippen molar-refractivity contribution in [3.63, 3.8) is 0 Å². The number of benzene rings is 1. The Morgan fingerprint density at radius 1 is 1.50 bits per heavy atom. The molecule has 98 valence electrons. The van der Waals surface area contributed by atoms with Gasteiger partial charge in [0.25, 0.3) is 0 Å². The van der Waals surface area contributed by atoms with Crippen LogP contribution in [0.25, 0.3) is 0 Å². The molecule has 0 radical (unpaired) electrons. The molecule has 3 heteroatoms. The second-order valence-corrected chi connectivity index (χ2v) is 6.15. The van der Waals surface area contributed by atoms with Gasteiger partial charge in [0.1, 0.15) is 0 Å². The highest BCUT2D eigenvalue weighted by molar-refractivity contribution is 9.10. The average molecular weight is 310 g/mol. The Morgan fingerprint density at radius 2 is 2.33 bits per heavy atom. The van der Waals surface area contributed by atoms with Crippen LogP contribution >= 0.6 is 15.9 Å². The standard InChI is InChI=1S/C15H20BrNO/c1-12-4-3-8-17(11-12)9-7-15(18)13-5-2-6-14(16)10-13/h2,5-6,10,12H,3-4,7-9,11H2,1H3. The zero-order valence-corrected chi connectivity index (χ0v) is 12.4. The Morgan fingerprint density at radius 3 is 3.06 bits per heavy atom. The summed E-state index contributed by atoms with van der Waals surface area (Å²) >= 11 is 3.40. The van der Waals surface area contributed by atoms with E-state index in [0.29, 0.717) is 6.42 Å². The summed E-state index contributed by atoms with van der Waals surface area (Å²) in [6.07, 6.45) is 3.23. The molecule has 1 aliphatic rings. The van der Waals surface area contributed by atoms with Crippen molar-refractivity contribution in [2.75, 3.05) is 19.6 Å². The molecule has 0 aromatic heterocycles. The van der Waals surface area contributed by atoms with Crippen molar-refractivity contribution in [2.24, 2.45) is 5.92 Å². The van der Waals surface area contributed by atoms with Gasteiger partial charge in [-0.25, -0.2) is 0 Å². The molecule has 1 atom stereocenters. The average Bonchev–Trinajstić information content (AvgIpc) is 2.36. The molecule has 18 heavy (non-hydrogen) atoms. The second kappa shape index (κ2) is 6.48. The van der Waals surface area contributed by atoms with Gasteiger partial charge in [-0.3, -0.25) is 4.79 Å². The Bertz CT molecular complexity index is 419. The van der Waals surface area contributed by atoms with Gasteiger partial charge in [0.05, 0.1) is 0 Å². The summed E-state index contributed by atoms with van der Waals surface area (Å²) in [7, 11) is 0. The van der Waals surface area contributed by atoms with Crippen molar-refractivity contribution in [3.8, 4) is 0 Å². The molecule has 1 aromatic carbocycles. The van der Waals surface area contributed by atoms with Crippen molar-refractivity contribution in [1.82, 2.24) is 4.90 Å². The zero-order chi connectivity index (χ0) is 13.0. The van der Waals surface area contributed by atoms with Gasteiger partial charge in [-0.05, 0) is 37.4 Å². The molecular weight excluding hydrogens is 290 g/mol. The number of likely N-dealkylation sites (tertiary alicyclic amines) is 1. The predicted octanol–water partition coefficient (Wildman–Crippen LogP) is 3.75. The molecule has 1 aromatic rings. The van der Waals surface area contributed by atoms with E-state index in [-0.39, 0.29) is 5.78 Å². The third-order valence-electron chi connectivity index (χ3n) is 3.54. The number of ketones is 1. The van der Waals surface area contributed by atoms with Crippen LogP contribution in [0.1, 0.15) is 36.5 Å². The number of nitrogens with zero attached hydrogens (tertiary/aromatic N) is 1. The molecule has 2 rings (SSSR count). The van der Waals surface area contributed by atoms with Crippen LogP contribution in [-0.2, 0) is 0 Å². The minimum Gasteiger partial charge on any atom is -0.303 e. The molecule has 2 nitrogen and oxygen atoms in total. The largest absolute Gasteiger partial charge is 0.303 e. The molecule has 0 amide bonds. The lowest BCUT2D eigenvalue weighted by Gasteiger charge is -2.30. The fraction of sp³-hybridized carbons (Fsp3) is 0.533. The second-order valence-electron chi connectivity index (χ2n) is 5.23. The lowest BCUT2D eigenvalue weighted by atomic mass is 9.99. The van der Waals surface area contributed by atoms with E-state index in [1.165, 1.54) is 12.8 Å². The summed E-state index contributed by atoms with van der Waals surface area (Å²) in [5.41, 5.74) is 0.814. The quantitative estimate of drug-likeness (QED) is 0.789. The maximum Gasteiger partial charge on any atom is 0.164 e. The number of Topliss-reactive ketones (excluding diaryl/α,β-unsaturated/α-hetero) is 1.